The number of amides is 1. The van der Waals surface area contributed by atoms with Gasteiger partial charge in [0.2, 0.25) is 0 Å². The van der Waals surface area contributed by atoms with Gasteiger partial charge in [0, 0.05) is 17.5 Å². The Morgan fingerprint density at radius 3 is 2.96 bits per heavy atom. The number of hydrogen-bond donors (Lipinski definition) is 2. The molecule has 4 rings (SSSR count). The van der Waals surface area contributed by atoms with Crippen LogP contribution in [-0.4, -0.2) is 12.5 Å². The van der Waals surface area contributed by atoms with Gasteiger partial charge in [0.15, 0.2) is 0 Å². The summed E-state index contributed by atoms with van der Waals surface area (Å²) in [7, 11) is 0. The molecule has 0 saturated carbocycles. The second-order valence-corrected chi connectivity index (χ2v) is 7.24. The van der Waals surface area contributed by atoms with E-state index in [9.17, 15) is 4.79 Å². The first-order valence-electron chi connectivity index (χ1n) is 8.89. The van der Waals surface area contributed by atoms with Crippen molar-refractivity contribution in [2.45, 2.75) is 18.4 Å². The van der Waals surface area contributed by atoms with Crippen molar-refractivity contribution < 1.29 is 4.79 Å². The molecular weight excluding hydrogens is 344 g/mol. The molecule has 1 amide bonds. The van der Waals surface area contributed by atoms with Crippen molar-refractivity contribution in [3.05, 3.63) is 89.0 Å². The van der Waals surface area contributed by atoms with Crippen molar-refractivity contribution in [3.8, 4) is 0 Å². The van der Waals surface area contributed by atoms with Crippen molar-refractivity contribution in [3.63, 3.8) is 0 Å². The molecule has 1 heterocycles. The monoisotopic (exact) mass is 364 g/mol. The Kier molecular flexibility index (Phi) is 4.56. The molecule has 0 radical (unpaired) electrons. The van der Waals surface area contributed by atoms with Crippen molar-refractivity contribution in [2.75, 3.05) is 11.9 Å². The number of allylic oxidation sites excluding steroid dienone is 2. The fourth-order valence-corrected chi connectivity index (χ4v) is 4.30. The summed E-state index contributed by atoms with van der Waals surface area (Å²) in [4.78, 5) is 12.6. The fourth-order valence-electron chi connectivity index (χ4n) is 4.10. The van der Waals surface area contributed by atoms with E-state index in [1.807, 2.05) is 30.3 Å². The number of anilines is 1. The van der Waals surface area contributed by atoms with Gasteiger partial charge in [-0.25, -0.2) is 0 Å². The SMILES string of the molecule is C=CCNC(=O)c1cccc2c1NC(c1cccc(Cl)c1)C1CC=CC21. The quantitative estimate of drug-likeness (QED) is 0.742. The van der Waals surface area contributed by atoms with Crippen molar-refractivity contribution >= 4 is 23.2 Å². The van der Waals surface area contributed by atoms with Crippen LogP contribution in [0.25, 0.3) is 0 Å². The summed E-state index contributed by atoms with van der Waals surface area (Å²) in [5, 5.41) is 7.27. The van der Waals surface area contributed by atoms with E-state index in [0.29, 0.717) is 23.9 Å². The second kappa shape index (κ2) is 7.00. The topological polar surface area (TPSA) is 41.1 Å². The van der Waals surface area contributed by atoms with Crippen LogP contribution in [0.3, 0.4) is 0 Å². The Hall–Kier alpha value is -2.52. The molecule has 0 fully saturated rings. The van der Waals surface area contributed by atoms with Crippen molar-refractivity contribution in [1.29, 1.82) is 0 Å². The zero-order valence-corrected chi connectivity index (χ0v) is 15.2. The van der Waals surface area contributed by atoms with Gasteiger partial charge >= 0.3 is 0 Å². The van der Waals surface area contributed by atoms with Crippen LogP contribution in [0.4, 0.5) is 5.69 Å². The highest BCUT2D eigenvalue weighted by Gasteiger charge is 2.39. The number of carbonyl (C=O) groups is 1. The summed E-state index contributed by atoms with van der Waals surface area (Å²) in [6.45, 7) is 4.12. The first-order chi connectivity index (χ1) is 12.7. The smallest absolute Gasteiger partial charge is 0.253 e. The molecule has 0 aromatic heterocycles. The average molecular weight is 365 g/mol. The highest BCUT2D eigenvalue weighted by atomic mass is 35.5. The molecule has 3 atom stereocenters. The maximum Gasteiger partial charge on any atom is 0.253 e. The number of benzene rings is 2. The molecule has 3 nitrogen and oxygen atoms in total. The third-order valence-electron chi connectivity index (χ3n) is 5.26. The van der Waals surface area contributed by atoms with Crippen LogP contribution in [0.15, 0.2) is 67.3 Å². The fraction of sp³-hybridized carbons (Fsp3) is 0.227. The minimum atomic E-state index is -0.0838. The van der Waals surface area contributed by atoms with E-state index in [-0.39, 0.29) is 11.9 Å². The van der Waals surface area contributed by atoms with E-state index in [0.717, 1.165) is 22.7 Å². The summed E-state index contributed by atoms with van der Waals surface area (Å²) < 4.78 is 0. The maximum atomic E-state index is 12.6. The van der Waals surface area contributed by atoms with E-state index in [1.54, 1.807) is 6.08 Å². The Morgan fingerprint density at radius 1 is 1.31 bits per heavy atom. The van der Waals surface area contributed by atoms with E-state index in [1.165, 1.54) is 5.56 Å². The van der Waals surface area contributed by atoms with Gasteiger partial charge in [0.05, 0.1) is 17.3 Å². The number of halogens is 1. The van der Waals surface area contributed by atoms with Gasteiger partial charge in [-0.1, -0.05) is 54.1 Å². The van der Waals surface area contributed by atoms with Crippen molar-refractivity contribution in [1.82, 2.24) is 5.32 Å². The first-order valence-corrected chi connectivity index (χ1v) is 9.27. The lowest BCUT2D eigenvalue weighted by Crippen LogP contribution is -2.32. The van der Waals surface area contributed by atoms with Crippen LogP contribution in [0.1, 0.15) is 39.9 Å². The van der Waals surface area contributed by atoms with Crippen molar-refractivity contribution in [2.24, 2.45) is 5.92 Å². The van der Waals surface area contributed by atoms with Gasteiger partial charge in [-0.15, -0.1) is 6.58 Å². The van der Waals surface area contributed by atoms with Crippen LogP contribution in [0.2, 0.25) is 5.02 Å². The average Bonchev–Trinajstić information content (AvgIpc) is 3.15. The van der Waals surface area contributed by atoms with Crippen LogP contribution in [-0.2, 0) is 0 Å². The molecule has 2 N–H and O–H groups in total. The number of para-hydroxylation sites is 1. The lowest BCUT2D eigenvalue weighted by molar-refractivity contribution is 0.0958. The van der Waals surface area contributed by atoms with Crippen LogP contribution in [0, 0.1) is 5.92 Å². The summed E-state index contributed by atoms with van der Waals surface area (Å²) in [5.41, 5.74) is 3.94. The zero-order valence-electron chi connectivity index (χ0n) is 14.4. The lowest BCUT2D eigenvalue weighted by atomic mass is 9.76. The van der Waals surface area contributed by atoms with Crippen LogP contribution >= 0.6 is 11.6 Å². The molecule has 2 aromatic carbocycles. The molecule has 0 saturated heterocycles. The van der Waals surface area contributed by atoms with E-state index >= 15 is 0 Å². The minimum absolute atomic E-state index is 0.0838. The third-order valence-corrected chi connectivity index (χ3v) is 5.49. The van der Waals surface area contributed by atoms with Gasteiger partial charge in [0.1, 0.15) is 0 Å². The second-order valence-electron chi connectivity index (χ2n) is 6.80. The number of nitrogens with one attached hydrogen (secondary N) is 2. The molecule has 1 aliphatic heterocycles. The summed E-state index contributed by atoms with van der Waals surface area (Å²) >= 11 is 6.23. The molecule has 2 aliphatic rings. The van der Waals surface area contributed by atoms with E-state index < -0.39 is 0 Å². The Morgan fingerprint density at radius 2 is 2.15 bits per heavy atom. The number of rotatable bonds is 4. The number of carbonyl (C=O) groups excluding carboxylic acids is 1. The minimum Gasteiger partial charge on any atom is -0.377 e. The molecular formula is C22H21ClN2O. The standard InChI is InChI=1S/C22H21ClN2O/c1-2-12-24-22(26)19-11-5-10-18-16-8-4-9-17(16)20(25-21(18)19)14-6-3-7-15(23)13-14/h2-8,10-11,13,16-17,20,25H,1,9,12H2,(H,24,26). The van der Waals surface area contributed by atoms with Gasteiger partial charge in [-0.3, -0.25) is 4.79 Å². The predicted octanol–water partition coefficient (Wildman–Crippen LogP) is 5.08. The zero-order chi connectivity index (χ0) is 18.1. The van der Waals surface area contributed by atoms with E-state index in [4.69, 9.17) is 11.6 Å². The normalized spacial score (nSPS) is 22.9. The lowest BCUT2D eigenvalue weighted by Gasteiger charge is -2.38. The molecule has 0 bridgehead atoms. The molecule has 3 unspecified atom stereocenters. The highest BCUT2D eigenvalue weighted by molar-refractivity contribution is 6.30. The van der Waals surface area contributed by atoms with Gasteiger partial charge < -0.3 is 10.6 Å². The molecule has 0 spiro atoms. The summed E-state index contributed by atoms with van der Waals surface area (Å²) in [6, 6.07) is 14.1. The first kappa shape index (κ1) is 16.9. The molecule has 4 heteroatoms. The summed E-state index contributed by atoms with van der Waals surface area (Å²) in [5.74, 6) is 0.648. The maximum absolute atomic E-state index is 12.6. The molecule has 1 aliphatic carbocycles. The van der Waals surface area contributed by atoms with E-state index in [2.05, 4.69) is 41.5 Å². The largest absolute Gasteiger partial charge is 0.377 e. The highest BCUT2D eigenvalue weighted by Crippen LogP contribution is 2.50. The van der Waals surface area contributed by atoms with Crippen LogP contribution < -0.4 is 10.6 Å². The van der Waals surface area contributed by atoms with Gasteiger partial charge in [0.25, 0.3) is 5.91 Å². The van der Waals surface area contributed by atoms with Gasteiger partial charge in [-0.2, -0.15) is 0 Å². The Bertz CT molecular complexity index is 889. The Balaban J connectivity index is 1.77. The molecule has 26 heavy (non-hydrogen) atoms. The Labute approximate surface area is 158 Å². The summed E-state index contributed by atoms with van der Waals surface area (Å²) in [6.07, 6.45) is 7.22. The molecule has 2 aromatic rings. The van der Waals surface area contributed by atoms with Crippen LogP contribution in [0.5, 0.6) is 0 Å². The number of fused-ring (bicyclic) bond motifs is 3. The van der Waals surface area contributed by atoms with Gasteiger partial charge in [-0.05, 0) is 41.7 Å². The third kappa shape index (κ3) is 2.93. The molecule has 132 valence electrons. The predicted molar refractivity (Wildman–Crippen MR) is 107 cm³/mol. The number of hydrogen-bond acceptors (Lipinski definition) is 2.